The van der Waals surface area contributed by atoms with E-state index in [1.54, 1.807) is 19.1 Å². The third-order valence-corrected chi connectivity index (χ3v) is 6.52. The number of hydrogen-bond donors (Lipinski definition) is 2. The lowest BCUT2D eigenvalue weighted by Gasteiger charge is -2.27. The molecule has 1 aliphatic rings. The summed E-state index contributed by atoms with van der Waals surface area (Å²) in [5.41, 5.74) is 0.0394. The first-order chi connectivity index (χ1) is 11.7. The molecule has 0 radical (unpaired) electrons. The number of aliphatic carboxylic acids is 1. The minimum atomic E-state index is -3.75. The van der Waals surface area contributed by atoms with Gasteiger partial charge < -0.3 is 10.4 Å². The molecule has 1 amide bonds. The van der Waals surface area contributed by atoms with E-state index in [1.807, 2.05) is 0 Å². The lowest BCUT2D eigenvalue weighted by molar-refractivity contribution is -0.141. The molecule has 2 rings (SSSR count). The van der Waals surface area contributed by atoms with Crippen LogP contribution in [0.5, 0.6) is 0 Å². The minimum absolute atomic E-state index is 0.0374. The standard InChI is InChI=1S/C17H24N2O5S/c1-12(17(21)22)13(2)18-16(20)14-8-4-5-9-15(14)25(23,24)19-10-6-3-7-11-19/h4-5,8-9,12-13H,3,6-7,10-11H2,1-2H3,(H,18,20)(H,21,22). The maximum Gasteiger partial charge on any atom is 0.308 e. The number of sulfonamides is 1. The van der Waals surface area contributed by atoms with Crippen molar-refractivity contribution in [2.75, 3.05) is 13.1 Å². The molecule has 0 aliphatic carbocycles. The van der Waals surface area contributed by atoms with E-state index in [9.17, 15) is 18.0 Å². The van der Waals surface area contributed by atoms with Crippen molar-refractivity contribution in [1.82, 2.24) is 9.62 Å². The number of carboxylic acid groups (broad SMARTS) is 1. The summed E-state index contributed by atoms with van der Waals surface area (Å²) in [5.74, 6) is -2.39. The summed E-state index contributed by atoms with van der Waals surface area (Å²) in [6.07, 6.45) is 2.61. The number of amides is 1. The summed E-state index contributed by atoms with van der Waals surface area (Å²) in [6, 6.07) is 5.41. The fourth-order valence-electron chi connectivity index (χ4n) is 2.75. The maximum atomic E-state index is 12.9. The van der Waals surface area contributed by atoms with Crippen molar-refractivity contribution in [1.29, 1.82) is 0 Å². The number of carbonyl (C=O) groups excluding carboxylic acids is 1. The summed E-state index contributed by atoms with van der Waals surface area (Å²) in [6.45, 7) is 3.97. The molecule has 1 saturated heterocycles. The third-order valence-electron chi connectivity index (χ3n) is 4.56. The second kappa shape index (κ2) is 7.97. The van der Waals surface area contributed by atoms with Gasteiger partial charge in [-0.3, -0.25) is 9.59 Å². The van der Waals surface area contributed by atoms with Gasteiger partial charge in [-0.25, -0.2) is 8.42 Å². The smallest absolute Gasteiger partial charge is 0.308 e. The van der Waals surface area contributed by atoms with Gasteiger partial charge in [-0.15, -0.1) is 0 Å². The molecule has 0 saturated carbocycles. The van der Waals surface area contributed by atoms with Crippen LogP contribution in [0.4, 0.5) is 0 Å². The molecule has 1 aromatic rings. The van der Waals surface area contributed by atoms with Gasteiger partial charge >= 0.3 is 5.97 Å². The predicted molar refractivity (Wildman–Crippen MR) is 92.8 cm³/mol. The van der Waals surface area contributed by atoms with E-state index in [-0.39, 0.29) is 10.5 Å². The SMILES string of the molecule is CC(NC(=O)c1ccccc1S(=O)(=O)N1CCCCC1)C(C)C(=O)O. The third kappa shape index (κ3) is 4.38. The molecule has 2 atom stereocenters. The van der Waals surface area contributed by atoms with Crippen LogP contribution in [-0.2, 0) is 14.8 Å². The number of nitrogens with one attached hydrogen (secondary N) is 1. The molecule has 1 aliphatic heterocycles. The first kappa shape index (κ1) is 19.4. The monoisotopic (exact) mass is 368 g/mol. The first-order valence-electron chi connectivity index (χ1n) is 8.38. The van der Waals surface area contributed by atoms with Crippen LogP contribution in [0.1, 0.15) is 43.5 Å². The summed E-state index contributed by atoms with van der Waals surface area (Å²) in [7, 11) is -3.75. The van der Waals surface area contributed by atoms with Crippen molar-refractivity contribution in [2.24, 2.45) is 5.92 Å². The molecule has 2 N–H and O–H groups in total. The zero-order valence-corrected chi connectivity index (χ0v) is 15.3. The van der Waals surface area contributed by atoms with Gasteiger partial charge in [0.2, 0.25) is 10.0 Å². The fourth-order valence-corrected chi connectivity index (χ4v) is 4.45. The van der Waals surface area contributed by atoms with Gasteiger partial charge in [-0.2, -0.15) is 4.31 Å². The van der Waals surface area contributed by atoms with Crippen molar-refractivity contribution in [2.45, 2.75) is 44.0 Å². The molecule has 1 heterocycles. The number of piperidine rings is 1. The Labute approximate surface area is 148 Å². The van der Waals surface area contributed by atoms with E-state index < -0.39 is 33.9 Å². The van der Waals surface area contributed by atoms with Crippen LogP contribution in [0.2, 0.25) is 0 Å². The van der Waals surface area contributed by atoms with Crippen molar-refractivity contribution >= 4 is 21.9 Å². The largest absolute Gasteiger partial charge is 0.481 e. The summed E-state index contributed by atoms with van der Waals surface area (Å²) in [5, 5.41) is 11.6. The van der Waals surface area contributed by atoms with Crippen LogP contribution in [0, 0.1) is 5.92 Å². The number of benzene rings is 1. The molecule has 7 nitrogen and oxygen atoms in total. The summed E-state index contributed by atoms with van der Waals surface area (Å²) in [4.78, 5) is 23.5. The Bertz CT molecular complexity index is 741. The van der Waals surface area contributed by atoms with Crippen molar-refractivity contribution in [3.8, 4) is 0 Å². The minimum Gasteiger partial charge on any atom is -0.481 e. The highest BCUT2D eigenvalue weighted by Gasteiger charge is 2.30. The molecular weight excluding hydrogens is 344 g/mol. The van der Waals surface area contributed by atoms with Gasteiger partial charge in [-0.05, 0) is 38.8 Å². The highest BCUT2D eigenvalue weighted by Crippen LogP contribution is 2.23. The Morgan fingerprint density at radius 1 is 1.12 bits per heavy atom. The van der Waals surface area contributed by atoms with Crippen LogP contribution < -0.4 is 5.32 Å². The van der Waals surface area contributed by atoms with Crippen LogP contribution in [-0.4, -0.2) is 48.8 Å². The van der Waals surface area contributed by atoms with Crippen LogP contribution >= 0.6 is 0 Å². The van der Waals surface area contributed by atoms with E-state index in [4.69, 9.17) is 5.11 Å². The maximum absolute atomic E-state index is 12.9. The quantitative estimate of drug-likeness (QED) is 0.795. The number of hydrogen-bond acceptors (Lipinski definition) is 4. The Kier molecular flexibility index (Phi) is 6.18. The molecule has 0 bridgehead atoms. The Morgan fingerprint density at radius 3 is 2.32 bits per heavy atom. The average Bonchev–Trinajstić information content (AvgIpc) is 2.61. The molecule has 1 aromatic carbocycles. The van der Waals surface area contributed by atoms with Gasteiger partial charge in [-0.1, -0.05) is 18.6 Å². The Balaban J connectivity index is 2.28. The lowest BCUT2D eigenvalue weighted by atomic mass is 10.0. The van der Waals surface area contributed by atoms with Gasteiger partial charge in [0.25, 0.3) is 5.91 Å². The molecule has 8 heteroatoms. The number of carboxylic acids is 1. The summed E-state index contributed by atoms with van der Waals surface area (Å²) < 4.78 is 27.2. The zero-order valence-electron chi connectivity index (χ0n) is 14.4. The first-order valence-corrected chi connectivity index (χ1v) is 9.82. The Morgan fingerprint density at radius 2 is 1.72 bits per heavy atom. The second-order valence-electron chi connectivity index (χ2n) is 6.35. The average molecular weight is 368 g/mol. The molecule has 2 unspecified atom stereocenters. The van der Waals surface area contributed by atoms with Crippen LogP contribution in [0.3, 0.4) is 0 Å². The van der Waals surface area contributed by atoms with Crippen molar-refractivity contribution in [3.05, 3.63) is 29.8 Å². The van der Waals surface area contributed by atoms with E-state index in [1.165, 1.54) is 23.4 Å². The normalized spacial score (nSPS) is 18.3. The second-order valence-corrected chi connectivity index (χ2v) is 8.26. The van der Waals surface area contributed by atoms with Crippen molar-refractivity contribution < 1.29 is 23.1 Å². The molecule has 1 fully saturated rings. The van der Waals surface area contributed by atoms with Gasteiger partial charge in [0, 0.05) is 19.1 Å². The van der Waals surface area contributed by atoms with Gasteiger partial charge in [0.1, 0.15) is 0 Å². The number of rotatable bonds is 6. The molecular formula is C17H24N2O5S. The van der Waals surface area contributed by atoms with E-state index in [2.05, 4.69) is 5.32 Å². The molecule has 0 spiro atoms. The van der Waals surface area contributed by atoms with Crippen LogP contribution in [0.25, 0.3) is 0 Å². The highest BCUT2D eigenvalue weighted by atomic mass is 32.2. The van der Waals surface area contributed by atoms with Crippen LogP contribution in [0.15, 0.2) is 29.2 Å². The zero-order chi connectivity index (χ0) is 18.6. The van der Waals surface area contributed by atoms with E-state index >= 15 is 0 Å². The van der Waals surface area contributed by atoms with Gasteiger partial charge in [0.05, 0.1) is 16.4 Å². The molecule has 138 valence electrons. The fraction of sp³-hybridized carbons (Fsp3) is 0.529. The van der Waals surface area contributed by atoms with Crippen molar-refractivity contribution in [3.63, 3.8) is 0 Å². The Hall–Kier alpha value is -1.93. The lowest BCUT2D eigenvalue weighted by Crippen LogP contribution is -2.41. The number of carbonyl (C=O) groups is 2. The van der Waals surface area contributed by atoms with E-state index in [0.717, 1.165) is 19.3 Å². The highest BCUT2D eigenvalue weighted by molar-refractivity contribution is 7.89. The molecule has 0 aromatic heterocycles. The summed E-state index contributed by atoms with van der Waals surface area (Å²) >= 11 is 0. The van der Waals surface area contributed by atoms with Gasteiger partial charge in [0.15, 0.2) is 0 Å². The molecule has 25 heavy (non-hydrogen) atoms. The number of nitrogens with zero attached hydrogens (tertiary/aromatic N) is 1. The predicted octanol–water partition coefficient (Wildman–Crippen LogP) is 1.70. The topological polar surface area (TPSA) is 104 Å². The van der Waals surface area contributed by atoms with E-state index in [0.29, 0.717) is 13.1 Å².